The lowest BCUT2D eigenvalue weighted by Gasteiger charge is -2.22. The molecule has 3 N–H and O–H groups in total. The smallest absolute Gasteiger partial charge is 0.158 e. The molecule has 0 bridgehead atoms. The van der Waals surface area contributed by atoms with Gasteiger partial charge in [0.1, 0.15) is 0 Å². The number of nitrogens with zero attached hydrogens (tertiary/aromatic N) is 3. The van der Waals surface area contributed by atoms with E-state index >= 15 is 0 Å². The van der Waals surface area contributed by atoms with Crippen molar-refractivity contribution in [2.24, 2.45) is 5.84 Å². The highest BCUT2D eigenvalue weighted by molar-refractivity contribution is 5.28. The van der Waals surface area contributed by atoms with Crippen LogP contribution in [0.5, 0.6) is 0 Å². The van der Waals surface area contributed by atoms with E-state index in [1.165, 1.54) is 25.8 Å². The summed E-state index contributed by atoms with van der Waals surface area (Å²) in [5.74, 6) is 5.85. The maximum Gasteiger partial charge on any atom is 0.158 e. The molecule has 1 unspecified atom stereocenters. The van der Waals surface area contributed by atoms with Crippen molar-refractivity contribution < 1.29 is 0 Å². The molecule has 1 aromatic heterocycles. The van der Waals surface area contributed by atoms with E-state index < -0.39 is 0 Å². The third-order valence-electron chi connectivity index (χ3n) is 3.19. The van der Waals surface area contributed by atoms with Crippen LogP contribution in [0.3, 0.4) is 0 Å². The molecule has 88 valence electrons. The fourth-order valence-electron chi connectivity index (χ4n) is 2.28. The van der Waals surface area contributed by atoms with Crippen molar-refractivity contribution in [1.29, 1.82) is 0 Å². The van der Waals surface area contributed by atoms with Crippen LogP contribution in [0.4, 0.5) is 5.82 Å². The summed E-state index contributed by atoms with van der Waals surface area (Å²) in [5.41, 5.74) is 3.49. The van der Waals surface area contributed by atoms with E-state index in [1.54, 1.807) is 12.4 Å². The van der Waals surface area contributed by atoms with Crippen molar-refractivity contribution >= 4 is 5.82 Å². The Kier molecular flexibility index (Phi) is 3.69. The Morgan fingerprint density at radius 2 is 2.38 bits per heavy atom. The Balaban J connectivity index is 1.97. The molecule has 1 fully saturated rings. The van der Waals surface area contributed by atoms with E-state index in [4.69, 9.17) is 5.84 Å². The number of rotatable bonds is 4. The summed E-state index contributed by atoms with van der Waals surface area (Å²) >= 11 is 0. The molecule has 0 aliphatic carbocycles. The molecule has 2 heterocycles. The Hall–Kier alpha value is -1.20. The first-order valence-corrected chi connectivity index (χ1v) is 5.85. The number of hydrogen-bond acceptors (Lipinski definition) is 5. The third kappa shape index (κ3) is 2.48. The van der Waals surface area contributed by atoms with Crippen molar-refractivity contribution in [1.82, 2.24) is 14.9 Å². The van der Waals surface area contributed by atoms with Crippen LogP contribution in [0.2, 0.25) is 0 Å². The molecule has 16 heavy (non-hydrogen) atoms. The third-order valence-corrected chi connectivity index (χ3v) is 3.19. The van der Waals surface area contributed by atoms with Gasteiger partial charge in [-0.15, -0.1) is 0 Å². The average molecular weight is 221 g/mol. The molecule has 2 rings (SSSR count). The van der Waals surface area contributed by atoms with Crippen molar-refractivity contribution in [3.05, 3.63) is 18.1 Å². The predicted molar refractivity (Wildman–Crippen MR) is 63.6 cm³/mol. The maximum atomic E-state index is 5.24. The van der Waals surface area contributed by atoms with Crippen molar-refractivity contribution in [3.63, 3.8) is 0 Å². The van der Waals surface area contributed by atoms with Crippen molar-refractivity contribution in [2.75, 3.05) is 12.0 Å². The predicted octanol–water partition coefficient (Wildman–Crippen LogP) is 1.14. The van der Waals surface area contributed by atoms with Crippen LogP contribution in [-0.4, -0.2) is 27.5 Å². The second kappa shape index (κ2) is 5.23. The molecule has 0 radical (unpaired) electrons. The minimum atomic E-state index is 0.609. The Morgan fingerprint density at radius 1 is 1.50 bits per heavy atom. The van der Waals surface area contributed by atoms with Crippen LogP contribution < -0.4 is 11.3 Å². The number of likely N-dealkylation sites (tertiary alicyclic amines) is 1. The topological polar surface area (TPSA) is 67.1 Å². The van der Waals surface area contributed by atoms with E-state index in [0.29, 0.717) is 11.9 Å². The molecule has 0 spiro atoms. The summed E-state index contributed by atoms with van der Waals surface area (Å²) < 4.78 is 0. The van der Waals surface area contributed by atoms with E-state index in [1.807, 2.05) is 0 Å². The quantitative estimate of drug-likeness (QED) is 0.589. The molecule has 0 amide bonds. The van der Waals surface area contributed by atoms with E-state index in [-0.39, 0.29) is 0 Å². The summed E-state index contributed by atoms with van der Waals surface area (Å²) in [6.45, 7) is 4.32. The molecule has 0 aromatic carbocycles. The van der Waals surface area contributed by atoms with Gasteiger partial charge in [-0.3, -0.25) is 9.88 Å². The number of hydrazine groups is 1. The molecule has 5 heteroatoms. The van der Waals surface area contributed by atoms with Gasteiger partial charge in [0.25, 0.3) is 0 Å². The molecule has 5 nitrogen and oxygen atoms in total. The van der Waals surface area contributed by atoms with Crippen LogP contribution in [0.15, 0.2) is 12.4 Å². The van der Waals surface area contributed by atoms with Crippen molar-refractivity contribution in [3.8, 4) is 0 Å². The van der Waals surface area contributed by atoms with Gasteiger partial charge in [0, 0.05) is 12.6 Å². The van der Waals surface area contributed by atoms with Crippen LogP contribution >= 0.6 is 0 Å². The molecule has 1 saturated heterocycles. The van der Waals surface area contributed by atoms with Crippen LogP contribution in [0.25, 0.3) is 0 Å². The number of nitrogens with two attached hydrogens (primary N) is 1. The highest BCUT2D eigenvalue weighted by Crippen LogP contribution is 2.21. The number of aromatic nitrogens is 2. The average Bonchev–Trinajstić information content (AvgIpc) is 2.77. The van der Waals surface area contributed by atoms with Gasteiger partial charge in [0.15, 0.2) is 5.82 Å². The second-order valence-corrected chi connectivity index (χ2v) is 4.21. The number of nitrogen functional groups attached to an aromatic ring is 1. The van der Waals surface area contributed by atoms with Crippen LogP contribution in [0.1, 0.15) is 31.9 Å². The Morgan fingerprint density at radius 3 is 3.00 bits per heavy atom. The van der Waals surface area contributed by atoms with Gasteiger partial charge in [0.05, 0.1) is 18.1 Å². The lowest BCUT2D eigenvalue weighted by molar-refractivity contribution is 0.237. The molecular weight excluding hydrogens is 202 g/mol. The van der Waals surface area contributed by atoms with E-state index in [2.05, 4.69) is 27.2 Å². The zero-order valence-electron chi connectivity index (χ0n) is 9.69. The summed E-state index contributed by atoms with van der Waals surface area (Å²) in [6.07, 6.45) is 7.29. The van der Waals surface area contributed by atoms with Gasteiger partial charge in [0.2, 0.25) is 0 Å². The van der Waals surface area contributed by atoms with Gasteiger partial charge < -0.3 is 5.43 Å². The molecule has 1 aliphatic heterocycles. The van der Waals surface area contributed by atoms with Crippen LogP contribution in [0, 0.1) is 0 Å². The molecule has 1 aliphatic rings. The maximum absolute atomic E-state index is 5.24. The number of hydrogen-bond donors (Lipinski definition) is 2. The number of nitrogens with one attached hydrogen (secondary N) is 1. The van der Waals surface area contributed by atoms with E-state index in [0.717, 1.165) is 12.2 Å². The van der Waals surface area contributed by atoms with Gasteiger partial charge >= 0.3 is 0 Å². The first-order chi connectivity index (χ1) is 7.83. The lowest BCUT2D eigenvalue weighted by Crippen LogP contribution is -2.28. The fourth-order valence-corrected chi connectivity index (χ4v) is 2.28. The van der Waals surface area contributed by atoms with Gasteiger partial charge in [-0.2, -0.15) is 0 Å². The summed E-state index contributed by atoms with van der Waals surface area (Å²) in [4.78, 5) is 11.0. The Bertz CT molecular complexity index is 324. The van der Waals surface area contributed by atoms with Crippen molar-refractivity contribution in [2.45, 2.75) is 38.8 Å². The standard InChI is InChI=1S/C11H19N5/c1-2-10-4-3-5-16(10)8-9-6-14-11(15-12)7-13-9/h6-7,10H,2-5,8,12H2,1H3,(H,14,15). The molecule has 1 atom stereocenters. The zero-order valence-corrected chi connectivity index (χ0v) is 9.69. The van der Waals surface area contributed by atoms with E-state index in [9.17, 15) is 0 Å². The minimum Gasteiger partial charge on any atom is -0.307 e. The second-order valence-electron chi connectivity index (χ2n) is 4.21. The fraction of sp³-hybridized carbons (Fsp3) is 0.636. The normalized spacial score (nSPS) is 21.2. The summed E-state index contributed by atoms with van der Waals surface area (Å²) in [6, 6.07) is 0.717. The van der Waals surface area contributed by atoms with Gasteiger partial charge in [-0.1, -0.05) is 6.92 Å². The highest BCUT2D eigenvalue weighted by atomic mass is 15.3. The van der Waals surface area contributed by atoms with Gasteiger partial charge in [-0.05, 0) is 25.8 Å². The molecule has 1 aromatic rings. The lowest BCUT2D eigenvalue weighted by atomic mass is 10.2. The SMILES string of the molecule is CCC1CCCN1Cc1cnc(NN)cn1. The Labute approximate surface area is 96.0 Å². The molecular formula is C11H19N5. The zero-order chi connectivity index (χ0) is 11.4. The number of anilines is 1. The first kappa shape index (κ1) is 11.3. The van der Waals surface area contributed by atoms with Crippen LogP contribution in [-0.2, 0) is 6.54 Å². The molecule has 0 saturated carbocycles. The summed E-state index contributed by atoms with van der Waals surface area (Å²) in [5, 5.41) is 0. The highest BCUT2D eigenvalue weighted by Gasteiger charge is 2.22. The largest absolute Gasteiger partial charge is 0.307 e. The summed E-state index contributed by atoms with van der Waals surface area (Å²) in [7, 11) is 0. The van der Waals surface area contributed by atoms with Gasteiger partial charge in [-0.25, -0.2) is 10.8 Å². The minimum absolute atomic E-state index is 0.609. The first-order valence-electron chi connectivity index (χ1n) is 5.85. The monoisotopic (exact) mass is 221 g/mol.